The number of carbonyl (C=O) groups is 1. The van der Waals surface area contributed by atoms with Crippen molar-refractivity contribution in [3.05, 3.63) is 17.5 Å². The highest BCUT2D eigenvalue weighted by Crippen LogP contribution is 2.25. The molecule has 5 nitrogen and oxygen atoms in total. The minimum Gasteiger partial charge on any atom is -0.395 e. The van der Waals surface area contributed by atoms with Crippen LogP contribution >= 0.6 is 0 Å². The van der Waals surface area contributed by atoms with Gasteiger partial charge in [0.2, 0.25) is 0 Å². The van der Waals surface area contributed by atoms with Gasteiger partial charge >= 0.3 is 0 Å². The summed E-state index contributed by atoms with van der Waals surface area (Å²) >= 11 is 0. The van der Waals surface area contributed by atoms with E-state index in [1.807, 2.05) is 0 Å². The topological polar surface area (TPSA) is 66.6 Å². The molecule has 5 heteroatoms. The zero-order chi connectivity index (χ0) is 11.5. The first-order chi connectivity index (χ1) is 7.72. The summed E-state index contributed by atoms with van der Waals surface area (Å²) in [6.07, 6.45) is 3.18. The molecule has 0 bridgehead atoms. The summed E-state index contributed by atoms with van der Waals surface area (Å²) in [4.78, 5) is 13.8. The first kappa shape index (κ1) is 11.1. The fourth-order valence-electron chi connectivity index (χ4n) is 1.87. The van der Waals surface area contributed by atoms with Crippen LogP contribution in [-0.4, -0.2) is 40.3 Å². The highest BCUT2D eigenvalue weighted by atomic mass is 16.5. The largest absolute Gasteiger partial charge is 0.395 e. The van der Waals surface area contributed by atoms with E-state index >= 15 is 0 Å². The number of aryl methyl sites for hydroxylation is 1. The Hall–Kier alpha value is -1.36. The van der Waals surface area contributed by atoms with Gasteiger partial charge in [0, 0.05) is 18.7 Å². The van der Waals surface area contributed by atoms with E-state index in [0.29, 0.717) is 18.0 Å². The highest BCUT2D eigenvalue weighted by Gasteiger charge is 2.30. The standard InChI is InChI=1S/C11H16N2O3/c1-8-7-10(12-16-8)11(15)13(5-6-14)9-3-2-4-9/h7,9,14H,2-6H2,1H3. The van der Waals surface area contributed by atoms with Gasteiger partial charge in [0.1, 0.15) is 5.76 Å². The third kappa shape index (κ3) is 2.09. The van der Waals surface area contributed by atoms with Gasteiger partial charge in [-0.1, -0.05) is 5.16 Å². The van der Waals surface area contributed by atoms with Crippen molar-refractivity contribution in [1.82, 2.24) is 10.1 Å². The van der Waals surface area contributed by atoms with Crippen LogP contribution in [-0.2, 0) is 0 Å². The number of aliphatic hydroxyl groups excluding tert-OH is 1. The molecule has 1 aromatic heterocycles. The van der Waals surface area contributed by atoms with Crippen LogP contribution in [0.1, 0.15) is 35.5 Å². The second kappa shape index (κ2) is 4.65. The zero-order valence-corrected chi connectivity index (χ0v) is 9.35. The van der Waals surface area contributed by atoms with Gasteiger partial charge in [0.05, 0.1) is 6.61 Å². The zero-order valence-electron chi connectivity index (χ0n) is 9.35. The maximum absolute atomic E-state index is 12.1. The molecule has 1 aromatic rings. The van der Waals surface area contributed by atoms with Crippen LogP contribution in [0.4, 0.5) is 0 Å². The Labute approximate surface area is 94.0 Å². The second-order valence-electron chi connectivity index (χ2n) is 4.13. The van der Waals surface area contributed by atoms with E-state index in [1.54, 1.807) is 17.9 Å². The molecule has 1 aliphatic carbocycles. The first-order valence-electron chi connectivity index (χ1n) is 5.57. The molecule has 0 aliphatic heterocycles. The van der Waals surface area contributed by atoms with Crippen LogP contribution in [0.3, 0.4) is 0 Å². The van der Waals surface area contributed by atoms with E-state index in [0.717, 1.165) is 19.3 Å². The fourth-order valence-corrected chi connectivity index (χ4v) is 1.87. The van der Waals surface area contributed by atoms with E-state index in [1.165, 1.54) is 0 Å². The Morgan fingerprint density at radius 3 is 2.88 bits per heavy atom. The second-order valence-corrected chi connectivity index (χ2v) is 4.13. The number of hydrogen-bond donors (Lipinski definition) is 1. The summed E-state index contributed by atoms with van der Waals surface area (Å²) in [6.45, 7) is 2.11. The van der Waals surface area contributed by atoms with Crippen LogP contribution in [0.5, 0.6) is 0 Å². The first-order valence-corrected chi connectivity index (χ1v) is 5.57. The molecule has 88 valence electrons. The Bertz CT molecular complexity index is 371. The van der Waals surface area contributed by atoms with Crippen molar-refractivity contribution in [1.29, 1.82) is 0 Å². The lowest BCUT2D eigenvalue weighted by Crippen LogP contribution is -2.45. The number of carbonyl (C=O) groups excluding carboxylic acids is 1. The van der Waals surface area contributed by atoms with Gasteiger partial charge in [-0.3, -0.25) is 4.79 Å². The van der Waals surface area contributed by atoms with Crippen molar-refractivity contribution in [2.75, 3.05) is 13.2 Å². The minimum atomic E-state index is -0.143. The van der Waals surface area contributed by atoms with Crippen molar-refractivity contribution in [2.45, 2.75) is 32.2 Å². The van der Waals surface area contributed by atoms with Crippen LogP contribution in [0, 0.1) is 6.92 Å². The number of amides is 1. The quantitative estimate of drug-likeness (QED) is 0.827. The van der Waals surface area contributed by atoms with Gasteiger partial charge in [-0.2, -0.15) is 0 Å². The molecule has 2 rings (SSSR count). The van der Waals surface area contributed by atoms with Gasteiger partial charge in [0.25, 0.3) is 5.91 Å². The maximum atomic E-state index is 12.1. The fraction of sp³-hybridized carbons (Fsp3) is 0.636. The molecule has 1 saturated carbocycles. The van der Waals surface area contributed by atoms with Crippen molar-refractivity contribution in [2.24, 2.45) is 0 Å². The van der Waals surface area contributed by atoms with E-state index in [-0.39, 0.29) is 18.6 Å². The van der Waals surface area contributed by atoms with Crippen molar-refractivity contribution in [3.8, 4) is 0 Å². The van der Waals surface area contributed by atoms with E-state index in [2.05, 4.69) is 5.16 Å². The summed E-state index contributed by atoms with van der Waals surface area (Å²) in [6, 6.07) is 1.89. The molecule has 0 aromatic carbocycles. The summed E-state index contributed by atoms with van der Waals surface area (Å²) in [5, 5.41) is 12.7. The van der Waals surface area contributed by atoms with E-state index in [4.69, 9.17) is 9.63 Å². The molecule has 0 atom stereocenters. The summed E-state index contributed by atoms with van der Waals surface area (Å²) in [5.41, 5.74) is 0.331. The van der Waals surface area contributed by atoms with Gasteiger partial charge in [-0.15, -0.1) is 0 Å². The predicted octanol–water partition coefficient (Wildman–Crippen LogP) is 0.970. The van der Waals surface area contributed by atoms with Crippen LogP contribution in [0.25, 0.3) is 0 Å². The smallest absolute Gasteiger partial charge is 0.276 e. The number of rotatable bonds is 4. The minimum absolute atomic E-state index is 0.0148. The highest BCUT2D eigenvalue weighted by molar-refractivity contribution is 5.92. The monoisotopic (exact) mass is 224 g/mol. The van der Waals surface area contributed by atoms with Crippen LogP contribution in [0.2, 0.25) is 0 Å². The Morgan fingerprint density at radius 2 is 2.44 bits per heavy atom. The molecule has 1 N–H and O–H groups in total. The lowest BCUT2D eigenvalue weighted by atomic mass is 9.91. The summed E-state index contributed by atoms with van der Waals surface area (Å²) in [7, 11) is 0. The Kier molecular flexibility index (Phi) is 3.24. The van der Waals surface area contributed by atoms with Gasteiger partial charge < -0.3 is 14.5 Å². The van der Waals surface area contributed by atoms with Gasteiger partial charge in [0.15, 0.2) is 5.69 Å². The normalized spacial score (nSPS) is 15.9. The molecule has 0 saturated heterocycles. The average molecular weight is 224 g/mol. The lowest BCUT2D eigenvalue weighted by Gasteiger charge is -2.36. The maximum Gasteiger partial charge on any atom is 0.276 e. The van der Waals surface area contributed by atoms with E-state index in [9.17, 15) is 4.79 Å². The van der Waals surface area contributed by atoms with Gasteiger partial charge in [-0.05, 0) is 26.2 Å². The van der Waals surface area contributed by atoms with Crippen LogP contribution in [0.15, 0.2) is 10.6 Å². The number of aromatic nitrogens is 1. The molecule has 0 unspecified atom stereocenters. The molecular weight excluding hydrogens is 208 g/mol. The molecule has 16 heavy (non-hydrogen) atoms. The number of hydrogen-bond acceptors (Lipinski definition) is 4. The molecule has 1 aliphatic rings. The third-order valence-electron chi connectivity index (χ3n) is 2.96. The number of nitrogens with zero attached hydrogens (tertiary/aromatic N) is 2. The molecule has 1 amide bonds. The average Bonchev–Trinajstić information content (AvgIpc) is 2.60. The Balaban J connectivity index is 2.09. The lowest BCUT2D eigenvalue weighted by molar-refractivity contribution is 0.0515. The molecule has 1 fully saturated rings. The molecule has 0 radical (unpaired) electrons. The number of aliphatic hydroxyl groups is 1. The third-order valence-corrected chi connectivity index (χ3v) is 2.96. The SMILES string of the molecule is Cc1cc(C(=O)N(CCO)C2CCC2)no1. The van der Waals surface area contributed by atoms with Crippen molar-refractivity contribution >= 4 is 5.91 Å². The predicted molar refractivity (Wildman–Crippen MR) is 57.0 cm³/mol. The van der Waals surface area contributed by atoms with Crippen LogP contribution < -0.4 is 0 Å². The molecule has 0 spiro atoms. The Morgan fingerprint density at radius 1 is 1.69 bits per heavy atom. The van der Waals surface area contributed by atoms with Crippen molar-refractivity contribution in [3.63, 3.8) is 0 Å². The van der Waals surface area contributed by atoms with E-state index < -0.39 is 0 Å². The molecular formula is C11H16N2O3. The van der Waals surface area contributed by atoms with Gasteiger partial charge in [-0.25, -0.2) is 0 Å². The summed E-state index contributed by atoms with van der Waals surface area (Å²) in [5.74, 6) is 0.483. The molecule has 1 heterocycles. The van der Waals surface area contributed by atoms with Crippen molar-refractivity contribution < 1.29 is 14.4 Å². The summed E-state index contributed by atoms with van der Waals surface area (Å²) < 4.78 is 4.89.